The number of halogens is 3. The number of nitrogens with zero attached hydrogens (tertiary/aromatic N) is 4. The van der Waals surface area contributed by atoms with E-state index >= 15 is 4.39 Å². The zero-order valence-corrected chi connectivity index (χ0v) is 20.5. The Balaban J connectivity index is 2.20. The molecule has 0 aliphatic carbocycles. The van der Waals surface area contributed by atoms with Crippen LogP contribution < -0.4 is 5.32 Å². The molecule has 3 aromatic rings. The number of benzene rings is 1. The molecule has 0 spiro atoms. The van der Waals surface area contributed by atoms with Gasteiger partial charge in [-0.15, -0.1) is 0 Å². The van der Waals surface area contributed by atoms with Gasteiger partial charge in [-0.1, -0.05) is 37.9 Å². The van der Waals surface area contributed by atoms with Crippen molar-refractivity contribution in [1.29, 1.82) is 5.26 Å². The summed E-state index contributed by atoms with van der Waals surface area (Å²) < 4.78 is 29.7. The van der Waals surface area contributed by atoms with Crippen molar-refractivity contribution in [2.75, 3.05) is 12.4 Å². The molecule has 176 valence electrons. The standard InChI is InChI=1S/C26H26ClF2N5/c1-6-14(2)9-18(13-31-5)24-21(29)11-22-25(34-24)26(23(27)16(4)32-22)33-15(3)19-10-17(12-30)7-8-20(19)28/h7-11,13-15H,6H2,1-5H3,(H,32,33)/b18-9+,31-13?. The largest absolute Gasteiger partial charge is 0.375 e. The van der Waals surface area contributed by atoms with Crippen LogP contribution >= 0.6 is 11.6 Å². The Bertz CT molecular complexity index is 1330. The lowest BCUT2D eigenvalue weighted by atomic mass is 10.0. The Hall–Kier alpha value is -3.37. The summed E-state index contributed by atoms with van der Waals surface area (Å²) in [6, 6.07) is 6.94. The topological polar surface area (TPSA) is 74.0 Å². The number of hydrogen-bond donors (Lipinski definition) is 1. The molecule has 8 heteroatoms. The number of rotatable bonds is 7. The smallest absolute Gasteiger partial charge is 0.151 e. The summed E-state index contributed by atoms with van der Waals surface area (Å²) in [4.78, 5) is 13.1. The van der Waals surface area contributed by atoms with Gasteiger partial charge in [0.25, 0.3) is 0 Å². The van der Waals surface area contributed by atoms with E-state index in [2.05, 4.69) is 20.3 Å². The Morgan fingerprint density at radius 2 is 1.97 bits per heavy atom. The summed E-state index contributed by atoms with van der Waals surface area (Å²) >= 11 is 6.60. The van der Waals surface area contributed by atoms with E-state index in [1.807, 2.05) is 26.0 Å². The van der Waals surface area contributed by atoms with Gasteiger partial charge in [0.2, 0.25) is 0 Å². The third-order valence-corrected chi connectivity index (χ3v) is 6.08. The maximum Gasteiger partial charge on any atom is 0.151 e. The molecule has 0 radical (unpaired) electrons. The minimum atomic E-state index is -0.557. The zero-order chi connectivity index (χ0) is 25.0. The number of aromatic nitrogens is 2. The van der Waals surface area contributed by atoms with Gasteiger partial charge in [-0.3, -0.25) is 4.99 Å². The first-order valence-corrected chi connectivity index (χ1v) is 11.3. The van der Waals surface area contributed by atoms with Crippen molar-refractivity contribution in [1.82, 2.24) is 9.97 Å². The van der Waals surface area contributed by atoms with Crippen LogP contribution in [0.5, 0.6) is 0 Å². The predicted molar refractivity (Wildman–Crippen MR) is 134 cm³/mol. The second kappa shape index (κ2) is 10.7. The van der Waals surface area contributed by atoms with Gasteiger partial charge in [0.1, 0.15) is 17.0 Å². The first-order chi connectivity index (χ1) is 16.2. The summed E-state index contributed by atoms with van der Waals surface area (Å²) in [6.45, 7) is 7.53. The molecule has 2 unspecified atom stereocenters. The van der Waals surface area contributed by atoms with Crippen LogP contribution in [-0.4, -0.2) is 23.2 Å². The SMILES string of the molecule is CCC(C)/C=C(\C=NC)c1nc2c(NC(C)c3cc(C#N)ccc3F)c(Cl)c(C)nc2cc1F. The van der Waals surface area contributed by atoms with Gasteiger partial charge in [-0.25, -0.2) is 18.7 Å². The van der Waals surface area contributed by atoms with E-state index in [1.54, 1.807) is 27.1 Å². The number of aliphatic imine (C=N–C) groups is 1. The maximum absolute atomic E-state index is 15.1. The molecule has 3 rings (SSSR count). The molecule has 0 aliphatic heterocycles. The summed E-state index contributed by atoms with van der Waals surface area (Å²) in [5, 5.41) is 12.7. The number of fused-ring (bicyclic) bond motifs is 1. The molecular weight excluding hydrogens is 456 g/mol. The molecule has 2 aromatic heterocycles. The Morgan fingerprint density at radius 3 is 2.62 bits per heavy atom. The van der Waals surface area contributed by atoms with Crippen LogP contribution in [-0.2, 0) is 0 Å². The summed E-state index contributed by atoms with van der Waals surface area (Å²) in [7, 11) is 1.61. The van der Waals surface area contributed by atoms with Crippen molar-refractivity contribution in [3.8, 4) is 6.07 Å². The fourth-order valence-electron chi connectivity index (χ4n) is 3.58. The normalized spacial score (nSPS) is 13.8. The van der Waals surface area contributed by atoms with Crippen LogP contribution in [0, 0.1) is 35.8 Å². The molecule has 34 heavy (non-hydrogen) atoms. The monoisotopic (exact) mass is 481 g/mol. The van der Waals surface area contributed by atoms with Crippen LogP contribution in [0.25, 0.3) is 16.6 Å². The van der Waals surface area contributed by atoms with Gasteiger partial charge in [-0.05, 0) is 38.0 Å². The van der Waals surface area contributed by atoms with E-state index in [-0.39, 0.29) is 11.6 Å². The molecule has 2 heterocycles. The van der Waals surface area contributed by atoms with Crippen LogP contribution in [0.2, 0.25) is 5.02 Å². The lowest BCUT2D eigenvalue weighted by Gasteiger charge is -2.20. The highest BCUT2D eigenvalue weighted by Gasteiger charge is 2.21. The first-order valence-electron chi connectivity index (χ1n) is 11.0. The third-order valence-electron chi connectivity index (χ3n) is 5.62. The zero-order valence-electron chi connectivity index (χ0n) is 19.7. The van der Waals surface area contributed by atoms with Crippen LogP contribution in [0.15, 0.2) is 35.3 Å². The van der Waals surface area contributed by atoms with E-state index in [9.17, 15) is 9.65 Å². The van der Waals surface area contributed by atoms with Crippen LogP contribution in [0.3, 0.4) is 0 Å². The second-order valence-electron chi connectivity index (χ2n) is 8.18. The van der Waals surface area contributed by atoms with E-state index in [4.69, 9.17) is 11.6 Å². The van der Waals surface area contributed by atoms with Gasteiger partial charge < -0.3 is 5.32 Å². The lowest BCUT2D eigenvalue weighted by Crippen LogP contribution is -2.12. The number of nitriles is 1. The van der Waals surface area contributed by atoms with Gasteiger partial charge in [0.15, 0.2) is 5.82 Å². The second-order valence-corrected chi connectivity index (χ2v) is 8.56. The molecule has 0 fully saturated rings. The van der Waals surface area contributed by atoms with E-state index in [1.165, 1.54) is 24.3 Å². The molecule has 5 nitrogen and oxygen atoms in total. The van der Waals surface area contributed by atoms with Gasteiger partial charge in [-0.2, -0.15) is 5.26 Å². The lowest BCUT2D eigenvalue weighted by molar-refractivity contribution is 0.600. The fourth-order valence-corrected chi connectivity index (χ4v) is 3.77. The summed E-state index contributed by atoms with van der Waals surface area (Å²) in [5.74, 6) is -0.789. The number of nitrogens with one attached hydrogen (secondary N) is 1. The quantitative estimate of drug-likeness (QED) is 0.367. The fraction of sp³-hybridized carbons (Fsp3) is 0.308. The third kappa shape index (κ3) is 5.23. The van der Waals surface area contributed by atoms with Crippen LogP contribution in [0.4, 0.5) is 14.5 Å². The molecule has 0 saturated carbocycles. The van der Waals surface area contributed by atoms with E-state index < -0.39 is 17.7 Å². The molecule has 2 atom stereocenters. The number of aryl methyl sites for hydroxylation is 1. The molecule has 0 bridgehead atoms. The minimum Gasteiger partial charge on any atom is -0.375 e. The van der Waals surface area contributed by atoms with Gasteiger partial charge in [0.05, 0.1) is 39.6 Å². The number of hydrogen-bond acceptors (Lipinski definition) is 5. The number of anilines is 1. The number of pyridine rings is 2. The molecule has 0 saturated heterocycles. The van der Waals surface area contributed by atoms with Crippen molar-refractivity contribution in [2.45, 2.75) is 40.2 Å². The van der Waals surface area contributed by atoms with Crippen molar-refractivity contribution in [3.05, 3.63) is 69.5 Å². The van der Waals surface area contributed by atoms with Crippen molar-refractivity contribution >= 4 is 40.1 Å². The predicted octanol–water partition coefficient (Wildman–Crippen LogP) is 7.04. The highest BCUT2D eigenvalue weighted by atomic mass is 35.5. The van der Waals surface area contributed by atoms with Crippen molar-refractivity contribution in [2.24, 2.45) is 10.9 Å². The summed E-state index contributed by atoms with van der Waals surface area (Å²) in [5.41, 5.74) is 2.90. The first kappa shape index (κ1) is 25.3. The van der Waals surface area contributed by atoms with Crippen molar-refractivity contribution in [3.63, 3.8) is 0 Å². The Labute approximate surface area is 203 Å². The highest BCUT2D eigenvalue weighted by molar-refractivity contribution is 6.35. The molecule has 1 aromatic carbocycles. The highest BCUT2D eigenvalue weighted by Crippen LogP contribution is 2.36. The van der Waals surface area contributed by atoms with Crippen molar-refractivity contribution < 1.29 is 8.78 Å². The average molecular weight is 482 g/mol. The summed E-state index contributed by atoms with van der Waals surface area (Å²) in [6.07, 6.45) is 4.37. The number of allylic oxidation sites excluding steroid dienone is 2. The van der Waals surface area contributed by atoms with E-state index in [0.717, 1.165) is 6.42 Å². The molecule has 0 amide bonds. The molecule has 0 aliphatic rings. The van der Waals surface area contributed by atoms with E-state index in [0.29, 0.717) is 44.1 Å². The minimum absolute atomic E-state index is 0.133. The Kier molecular flexibility index (Phi) is 7.95. The van der Waals surface area contributed by atoms with Crippen LogP contribution in [0.1, 0.15) is 55.7 Å². The van der Waals surface area contributed by atoms with Gasteiger partial charge in [0, 0.05) is 30.5 Å². The van der Waals surface area contributed by atoms with Gasteiger partial charge >= 0.3 is 0 Å². The molecule has 1 N–H and O–H groups in total. The maximum atomic E-state index is 15.1. The molecular formula is C26H26ClF2N5. The average Bonchev–Trinajstić information content (AvgIpc) is 2.81. The Morgan fingerprint density at radius 1 is 1.24 bits per heavy atom.